The third-order valence-corrected chi connectivity index (χ3v) is 9.49. The number of hydrogen-bond donors (Lipinski definition) is 0. The Balaban J connectivity index is 1.57. The molecule has 0 spiro atoms. The van der Waals surface area contributed by atoms with E-state index in [-0.39, 0.29) is 16.8 Å². The van der Waals surface area contributed by atoms with Crippen molar-refractivity contribution in [2.75, 3.05) is 13.2 Å². The van der Waals surface area contributed by atoms with Gasteiger partial charge in [0, 0.05) is 5.56 Å². The molecule has 0 saturated heterocycles. The van der Waals surface area contributed by atoms with Gasteiger partial charge in [0.25, 0.3) is 0 Å². The lowest BCUT2D eigenvalue weighted by atomic mass is 9.55. The van der Waals surface area contributed by atoms with Crippen LogP contribution in [0, 0.1) is 38.9 Å². The van der Waals surface area contributed by atoms with Gasteiger partial charge in [0.2, 0.25) is 0 Å². The molecular weight excluding hydrogens is 592 g/mol. The van der Waals surface area contributed by atoms with Crippen molar-refractivity contribution >= 4 is 29.3 Å². The normalized spacial score (nSPS) is 12.6. The van der Waals surface area contributed by atoms with Crippen LogP contribution in [0.3, 0.4) is 0 Å². The van der Waals surface area contributed by atoms with Gasteiger partial charge in [-0.25, -0.2) is 0 Å². The summed E-state index contributed by atoms with van der Waals surface area (Å²) in [4.78, 5) is 13.1. The number of esters is 1. The van der Waals surface area contributed by atoms with Gasteiger partial charge >= 0.3 is 5.97 Å². The number of nitriles is 2. The van der Waals surface area contributed by atoms with Gasteiger partial charge in [-0.15, -0.1) is 0 Å². The Bertz CT molecular complexity index is 1610. The van der Waals surface area contributed by atoms with Crippen molar-refractivity contribution in [1.29, 1.82) is 10.5 Å². The average Bonchev–Trinajstić information content (AvgIpc) is 3.06. The first-order valence-electron chi connectivity index (χ1n) is 17.1. The second kappa shape index (κ2) is 17.5. The second-order valence-electron chi connectivity index (χ2n) is 14.6. The molecule has 3 rings (SSSR count). The fourth-order valence-corrected chi connectivity index (χ4v) is 5.96. The smallest absolute Gasteiger partial charge is 0.312 e. The molecule has 0 saturated carbocycles. The molecule has 0 aliphatic rings. The standard InChI is InChI=1S/C43H52N2O3/c1-41(2,3)43(7,42(4,5)6)40(46)48-27-19-11-9-8-10-18-26-47-39-25-24-33(29-37(31-44)34-20-14-12-15-21-34)28-36(39)30-38(32-45)35-22-16-13-17-23-35/h12-17,20-25,28-30H,8-11,18-19,26-27H2,1-7H3/b37-29+,38-30+. The van der Waals surface area contributed by atoms with Crippen LogP contribution < -0.4 is 4.74 Å². The Kier molecular flexibility index (Phi) is 13.8. The summed E-state index contributed by atoms with van der Waals surface area (Å²) in [5, 5.41) is 19.8. The minimum absolute atomic E-state index is 0.106. The zero-order chi connectivity index (χ0) is 35.2. The van der Waals surface area contributed by atoms with Gasteiger partial charge in [-0.3, -0.25) is 4.79 Å². The monoisotopic (exact) mass is 644 g/mol. The highest BCUT2D eigenvalue weighted by molar-refractivity contribution is 5.93. The maximum atomic E-state index is 13.1. The van der Waals surface area contributed by atoms with Crippen LogP contribution in [0.4, 0.5) is 0 Å². The topological polar surface area (TPSA) is 83.1 Å². The molecule has 0 unspecified atom stereocenters. The van der Waals surface area contributed by atoms with E-state index < -0.39 is 5.41 Å². The van der Waals surface area contributed by atoms with Crippen LogP contribution in [0.5, 0.6) is 5.75 Å². The predicted molar refractivity (Wildman–Crippen MR) is 197 cm³/mol. The summed E-state index contributed by atoms with van der Waals surface area (Å²) >= 11 is 0. The Hall–Kier alpha value is -4.61. The zero-order valence-corrected chi connectivity index (χ0v) is 29.9. The molecule has 0 radical (unpaired) electrons. The van der Waals surface area contributed by atoms with Crippen molar-refractivity contribution in [3.63, 3.8) is 0 Å². The van der Waals surface area contributed by atoms with Crippen LogP contribution in [0.15, 0.2) is 78.9 Å². The molecule has 3 aromatic rings. The van der Waals surface area contributed by atoms with Crippen molar-refractivity contribution in [3.8, 4) is 17.9 Å². The van der Waals surface area contributed by atoms with Gasteiger partial charge in [0.1, 0.15) is 5.75 Å². The van der Waals surface area contributed by atoms with Crippen molar-refractivity contribution in [3.05, 3.63) is 101 Å². The molecular formula is C43H52N2O3. The molecule has 0 fully saturated rings. The highest BCUT2D eigenvalue weighted by Crippen LogP contribution is 2.52. The molecule has 252 valence electrons. The third-order valence-electron chi connectivity index (χ3n) is 9.49. The first-order chi connectivity index (χ1) is 22.8. The summed E-state index contributed by atoms with van der Waals surface area (Å²) in [7, 11) is 0. The summed E-state index contributed by atoms with van der Waals surface area (Å²) in [6.45, 7) is 15.7. The van der Waals surface area contributed by atoms with Crippen LogP contribution >= 0.6 is 0 Å². The number of rotatable bonds is 15. The fraction of sp³-hybridized carbons (Fsp3) is 0.419. The van der Waals surface area contributed by atoms with E-state index in [9.17, 15) is 15.3 Å². The van der Waals surface area contributed by atoms with E-state index in [4.69, 9.17) is 9.47 Å². The molecule has 0 heterocycles. The predicted octanol–water partition coefficient (Wildman–Crippen LogP) is 11.2. The number of nitrogens with zero attached hydrogens (tertiary/aromatic N) is 2. The minimum atomic E-state index is -0.577. The Morgan fingerprint density at radius 3 is 1.62 bits per heavy atom. The zero-order valence-electron chi connectivity index (χ0n) is 29.9. The lowest BCUT2D eigenvalue weighted by molar-refractivity contribution is -0.172. The van der Waals surface area contributed by atoms with E-state index in [0.717, 1.165) is 60.8 Å². The maximum absolute atomic E-state index is 13.1. The van der Waals surface area contributed by atoms with Gasteiger partial charge in [-0.1, -0.05) is 134 Å². The molecule has 0 N–H and O–H groups in total. The second-order valence-corrected chi connectivity index (χ2v) is 14.6. The van der Waals surface area contributed by atoms with Gasteiger partial charge < -0.3 is 9.47 Å². The lowest BCUT2D eigenvalue weighted by Crippen LogP contribution is -2.50. The van der Waals surface area contributed by atoms with E-state index >= 15 is 0 Å². The fourth-order valence-electron chi connectivity index (χ4n) is 5.96. The lowest BCUT2D eigenvalue weighted by Gasteiger charge is -2.48. The van der Waals surface area contributed by atoms with E-state index in [1.54, 1.807) is 0 Å². The molecule has 0 aromatic heterocycles. The van der Waals surface area contributed by atoms with E-state index in [2.05, 4.69) is 53.7 Å². The van der Waals surface area contributed by atoms with Crippen LogP contribution in [0.2, 0.25) is 0 Å². The Morgan fingerprint density at radius 2 is 1.12 bits per heavy atom. The van der Waals surface area contributed by atoms with E-state index in [0.29, 0.717) is 30.1 Å². The molecule has 0 aliphatic heterocycles. The maximum Gasteiger partial charge on any atom is 0.312 e. The molecule has 0 amide bonds. The molecule has 5 nitrogen and oxygen atoms in total. The first kappa shape index (κ1) is 37.8. The summed E-state index contributed by atoms with van der Waals surface area (Å²) in [6, 6.07) is 29.7. The number of carbonyl (C=O) groups excluding carboxylic acids is 1. The highest BCUT2D eigenvalue weighted by atomic mass is 16.5. The number of carbonyl (C=O) groups is 1. The SMILES string of the molecule is CC(C)(C)C(C)(C(=O)OCCCCCCCCOc1ccc(/C=C(\C#N)c2ccccc2)cc1/C=C(\C#N)c1ccccc1)C(C)(C)C. The van der Waals surface area contributed by atoms with Gasteiger partial charge in [-0.05, 0) is 71.6 Å². The van der Waals surface area contributed by atoms with Crippen LogP contribution in [0.1, 0.15) is 109 Å². The molecule has 0 bridgehead atoms. The van der Waals surface area contributed by atoms with E-state index in [1.165, 1.54) is 0 Å². The van der Waals surface area contributed by atoms with Crippen molar-refractivity contribution in [2.24, 2.45) is 16.2 Å². The summed E-state index contributed by atoms with van der Waals surface area (Å²) in [5.74, 6) is 0.596. The summed E-state index contributed by atoms with van der Waals surface area (Å²) in [5.41, 5.74) is 3.45. The Labute approximate surface area is 288 Å². The molecule has 48 heavy (non-hydrogen) atoms. The van der Waals surface area contributed by atoms with E-state index in [1.807, 2.05) is 97.9 Å². The highest BCUT2D eigenvalue weighted by Gasteiger charge is 2.53. The average molecular weight is 645 g/mol. The van der Waals surface area contributed by atoms with Crippen LogP contribution in [0.25, 0.3) is 23.3 Å². The van der Waals surface area contributed by atoms with Crippen LogP contribution in [-0.4, -0.2) is 19.2 Å². The largest absolute Gasteiger partial charge is 0.493 e. The molecule has 5 heteroatoms. The van der Waals surface area contributed by atoms with Gasteiger partial charge in [0.05, 0.1) is 41.9 Å². The summed E-state index contributed by atoms with van der Waals surface area (Å²) < 4.78 is 12.0. The third kappa shape index (κ3) is 10.2. The van der Waals surface area contributed by atoms with Gasteiger partial charge in [-0.2, -0.15) is 10.5 Å². The van der Waals surface area contributed by atoms with Crippen molar-refractivity contribution < 1.29 is 14.3 Å². The van der Waals surface area contributed by atoms with Gasteiger partial charge in [0.15, 0.2) is 0 Å². The van der Waals surface area contributed by atoms with Crippen LogP contribution in [-0.2, 0) is 9.53 Å². The van der Waals surface area contributed by atoms with Crippen molar-refractivity contribution in [1.82, 2.24) is 0 Å². The number of ether oxygens (including phenoxy) is 2. The number of allylic oxidation sites excluding steroid dienone is 2. The number of unbranched alkanes of at least 4 members (excludes halogenated alkanes) is 5. The molecule has 0 atom stereocenters. The summed E-state index contributed by atoms with van der Waals surface area (Å²) in [6.07, 6.45) is 9.70. The van der Waals surface area contributed by atoms with Crippen molar-refractivity contribution in [2.45, 2.75) is 87.0 Å². The Morgan fingerprint density at radius 1 is 0.646 bits per heavy atom. The quantitative estimate of drug-likeness (QED) is 0.0711. The number of benzene rings is 3. The first-order valence-corrected chi connectivity index (χ1v) is 17.1. The minimum Gasteiger partial charge on any atom is -0.493 e. The number of hydrogen-bond acceptors (Lipinski definition) is 5. The molecule has 0 aliphatic carbocycles. The molecule has 3 aromatic carbocycles.